The lowest BCUT2D eigenvalue weighted by atomic mass is 10.1. The molecule has 34 heavy (non-hydrogen) atoms. The van der Waals surface area contributed by atoms with Crippen molar-refractivity contribution in [3.8, 4) is 6.07 Å². The molecule has 180 valence electrons. The van der Waals surface area contributed by atoms with Gasteiger partial charge in [-0.1, -0.05) is 19.1 Å². The molecular formula is C26H32N4O4. The van der Waals surface area contributed by atoms with Crippen LogP contribution in [0.4, 0.5) is 10.6 Å². The number of urea groups is 1. The van der Waals surface area contributed by atoms with Crippen LogP contribution >= 0.6 is 0 Å². The van der Waals surface area contributed by atoms with Crippen LogP contribution in [0.3, 0.4) is 0 Å². The molecule has 1 atom stereocenters. The van der Waals surface area contributed by atoms with Crippen molar-refractivity contribution in [2.24, 2.45) is 0 Å². The van der Waals surface area contributed by atoms with E-state index in [4.69, 9.17) is 9.47 Å². The van der Waals surface area contributed by atoms with E-state index in [0.29, 0.717) is 42.3 Å². The molecule has 2 amide bonds. The topological polar surface area (TPSA) is 105 Å². The van der Waals surface area contributed by atoms with Crippen LogP contribution < -0.4 is 10.2 Å². The van der Waals surface area contributed by atoms with Gasteiger partial charge in [0.15, 0.2) is 6.29 Å². The molecule has 1 aromatic rings. The van der Waals surface area contributed by atoms with Gasteiger partial charge in [-0.3, -0.25) is 9.69 Å². The molecule has 8 nitrogen and oxygen atoms in total. The van der Waals surface area contributed by atoms with Gasteiger partial charge in [-0.15, -0.1) is 0 Å². The fourth-order valence-corrected chi connectivity index (χ4v) is 3.92. The van der Waals surface area contributed by atoms with Gasteiger partial charge < -0.3 is 14.8 Å². The summed E-state index contributed by atoms with van der Waals surface area (Å²) in [6.45, 7) is 5.30. The minimum Gasteiger partial charge on any atom is -0.489 e. The summed E-state index contributed by atoms with van der Waals surface area (Å²) in [7, 11) is 0. The summed E-state index contributed by atoms with van der Waals surface area (Å²) in [5.74, 6) is 0.894. The van der Waals surface area contributed by atoms with E-state index in [1.807, 2.05) is 19.1 Å². The van der Waals surface area contributed by atoms with E-state index in [9.17, 15) is 14.9 Å². The smallest absolute Gasteiger partial charge is 0.327 e. The molecule has 3 heterocycles. The predicted molar refractivity (Wildman–Crippen MR) is 129 cm³/mol. The van der Waals surface area contributed by atoms with Crippen LogP contribution in [0, 0.1) is 11.3 Å². The predicted octanol–water partition coefficient (Wildman–Crippen LogP) is 4.59. The molecular weight excluding hydrogens is 432 g/mol. The first kappa shape index (κ1) is 25.2. The molecule has 2 aliphatic rings. The van der Waals surface area contributed by atoms with Gasteiger partial charge in [0.1, 0.15) is 29.9 Å². The first-order chi connectivity index (χ1) is 16.5. The second-order valence-electron chi connectivity index (χ2n) is 8.35. The summed E-state index contributed by atoms with van der Waals surface area (Å²) < 4.78 is 11.8. The first-order valence-corrected chi connectivity index (χ1v) is 11.8. The molecule has 1 unspecified atom stereocenters. The van der Waals surface area contributed by atoms with Crippen LogP contribution in [0.5, 0.6) is 0 Å². The fraction of sp³-hybridized carbons (Fsp3) is 0.462. The number of hydrogen-bond acceptors (Lipinski definition) is 6. The third-order valence-corrected chi connectivity index (χ3v) is 5.68. The lowest BCUT2D eigenvalue weighted by Gasteiger charge is -2.28. The number of aldehydes is 1. The Morgan fingerprint density at radius 3 is 2.94 bits per heavy atom. The Hall–Kier alpha value is -3.44. The number of carbonyl (C=O) groups is 2. The van der Waals surface area contributed by atoms with Crippen molar-refractivity contribution < 1.29 is 19.1 Å². The van der Waals surface area contributed by atoms with Crippen molar-refractivity contribution in [1.82, 2.24) is 10.3 Å². The van der Waals surface area contributed by atoms with E-state index in [1.165, 1.54) is 0 Å². The minimum atomic E-state index is -0.345. The minimum absolute atomic E-state index is 0.00918. The number of rotatable bonds is 8. The van der Waals surface area contributed by atoms with E-state index in [2.05, 4.69) is 16.4 Å². The number of ether oxygens (including phenoxy) is 2. The number of fused-ring (bicyclic) bond motifs is 1. The van der Waals surface area contributed by atoms with Crippen molar-refractivity contribution in [2.45, 2.75) is 58.5 Å². The number of nitrogens with zero attached hydrogens (tertiary/aromatic N) is 3. The molecule has 0 spiro atoms. The van der Waals surface area contributed by atoms with Gasteiger partial charge in [0.2, 0.25) is 0 Å². The van der Waals surface area contributed by atoms with Gasteiger partial charge in [-0.2, -0.15) is 5.26 Å². The normalized spacial score (nSPS) is 19.1. The lowest BCUT2D eigenvalue weighted by Crippen LogP contribution is -2.42. The van der Waals surface area contributed by atoms with E-state index < -0.39 is 0 Å². The number of pyridine rings is 1. The SMILES string of the molecule is CC/C=C/C(C#N)=C(\C=C(/C)NC(=O)N1CCCc2ccc(C=O)nc21)OCC1CCCCO1. The number of allylic oxidation sites excluding steroid dienone is 5. The molecule has 1 N–H and O–H groups in total. The maximum absolute atomic E-state index is 13.1. The Morgan fingerprint density at radius 2 is 2.24 bits per heavy atom. The van der Waals surface area contributed by atoms with Crippen LogP contribution in [0.15, 0.2) is 47.4 Å². The van der Waals surface area contributed by atoms with Crippen LogP contribution in [0.1, 0.15) is 62.0 Å². The number of carbonyl (C=O) groups excluding carboxylic acids is 2. The quantitative estimate of drug-likeness (QED) is 0.261. The number of aryl methyl sites for hydroxylation is 1. The molecule has 0 bridgehead atoms. The van der Waals surface area contributed by atoms with Crippen molar-refractivity contribution >= 4 is 18.1 Å². The number of nitriles is 1. The number of aromatic nitrogens is 1. The zero-order chi connectivity index (χ0) is 24.3. The zero-order valence-corrected chi connectivity index (χ0v) is 19.9. The summed E-state index contributed by atoms with van der Waals surface area (Å²) in [4.78, 5) is 30.1. The van der Waals surface area contributed by atoms with Crippen LogP contribution in [0.25, 0.3) is 0 Å². The molecule has 1 aromatic heterocycles. The Kier molecular flexibility index (Phi) is 9.41. The number of hydrogen-bond donors (Lipinski definition) is 1. The highest BCUT2D eigenvalue weighted by Gasteiger charge is 2.24. The van der Waals surface area contributed by atoms with E-state index in [1.54, 1.807) is 30.0 Å². The van der Waals surface area contributed by atoms with Gasteiger partial charge in [0, 0.05) is 24.9 Å². The van der Waals surface area contributed by atoms with Gasteiger partial charge in [0.25, 0.3) is 0 Å². The van der Waals surface area contributed by atoms with E-state index >= 15 is 0 Å². The van der Waals surface area contributed by atoms with E-state index in [-0.39, 0.29) is 17.8 Å². The maximum atomic E-state index is 13.1. The third kappa shape index (κ3) is 6.78. The maximum Gasteiger partial charge on any atom is 0.327 e. The average Bonchev–Trinajstić information content (AvgIpc) is 2.87. The van der Waals surface area contributed by atoms with Crippen LogP contribution in [-0.4, -0.2) is 43.2 Å². The van der Waals surface area contributed by atoms with Crippen molar-refractivity contribution in [1.29, 1.82) is 5.26 Å². The van der Waals surface area contributed by atoms with Gasteiger partial charge >= 0.3 is 6.03 Å². The van der Waals surface area contributed by atoms with Crippen molar-refractivity contribution in [2.75, 3.05) is 24.7 Å². The van der Waals surface area contributed by atoms with Gasteiger partial charge in [-0.05, 0) is 63.2 Å². The molecule has 0 saturated carbocycles. The summed E-state index contributed by atoms with van der Waals surface area (Å²) >= 11 is 0. The molecule has 1 saturated heterocycles. The van der Waals surface area contributed by atoms with Gasteiger partial charge in [-0.25, -0.2) is 9.78 Å². The zero-order valence-electron chi connectivity index (χ0n) is 19.9. The Labute approximate surface area is 200 Å². The third-order valence-electron chi connectivity index (χ3n) is 5.68. The van der Waals surface area contributed by atoms with Crippen molar-refractivity contribution in [3.05, 3.63) is 58.6 Å². The second-order valence-corrected chi connectivity index (χ2v) is 8.35. The molecule has 0 radical (unpaired) electrons. The monoisotopic (exact) mass is 464 g/mol. The van der Waals surface area contributed by atoms with Crippen LogP contribution in [0.2, 0.25) is 0 Å². The van der Waals surface area contributed by atoms with Gasteiger partial charge in [0.05, 0.1) is 11.7 Å². The Balaban J connectivity index is 1.78. The summed E-state index contributed by atoms with van der Waals surface area (Å²) in [6.07, 6.45) is 11.4. The molecule has 1 fully saturated rings. The number of amides is 2. The number of anilines is 1. The second kappa shape index (κ2) is 12.7. The highest BCUT2D eigenvalue weighted by atomic mass is 16.5. The summed E-state index contributed by atoms with van der Waals surface area (Å²) in [6, 6.07) is 5.35. The van der Waals surface area contributed by atoms with Crippen molar-refractivity contribution in [3.63, 3.8) is 0 Å². The molecule has 0 aliphatic carbocycles. The van der Waals surface area contributed by atoms with E-state index in [0.717, 1.165) is 50.7 Å². The highest BCUT2D eigenvalue weighted by molar-refractivity contribution is 5.93. The molecule has 8 heteroatoms. The Morgan fingerprint density at radius 1 is 1.38 bits per heavy atom. The highest BCUT2D eigenvalue weighted by Crippen LogP contribution is 2.25. The van der Waals surface area contributed by atoms with Crippen LogP contribution in [-0.2, 0) is 15.9 Å². The largest absolute Gasteiger partial charge is 0.489 e. The fourth-order valence-electron chi connectivity index (χ4n) is 3.92. The molecule has 0 aromatic carbocycles. The molecule has 2 aliphatic heterocycles. The molecule has 3 rings (SSSR count). The number of nitrogens with one attached hydrogen (secondary N) is 1. The Bertz CT molecular complexity index is 1020. The average molecular weight is 465 g/mol. The standard InChI is InChI=1S/C26H32N4O4/c1-3-4-8-21(16-27)24(34-18-23-10-5-6-14-33-23)15-19(2)28-26(32)30-13-7-9-20-11-12-22(17-31)29-25(20)30/h4,8,11-12,15,17,23H,3,5-7,9-10,13-14,18H2,1-2H3,(H,28,32)/b8-4+,19-15+,24-21-. The first-order valence-electron chi connectivity index (χ1n) is 11.8. The lowest BCUT2D eigenvalue weighted by molar-refractivity contribution is -0.0244. The summed E-state index contributed by atoms with van der Waals surface area (Å²) in [5.41, 5.74) is 2.13. The summed E-state index contributed by atoms with van der Waals surface area (Å²) in [5, 5.41) is 12.6.